The highest BCUT2D eigenvalue weighted by Gasteiger charge is 2.27. The molecule has 0 radical (unpaired) electrons. The van der Waals surface area contributed by atoms with Crippen molar-refractivity contribution in [3.8, 4) is 0 Å². The molecule has 1 amide bonds. The van der Waals surface area contributed by atoms with Crippen LogP contribution in [0.5, 0.6) is 0 Å². The average Bonchev–Trinajstić information content (AvgIpc) is 2.36. The maximum atomic E-state index is 11.9. The number of hydrogen-bond acceptors (Lipinski definition) is 5. The Hall–Kier alpha value is -1.56. The zero-order valence-electron chi connectivity index (χ0n) is 11.7. The third-order valence-corrected chi connectivity index (χ3v) is 2.99. The Labute approximate surface area is 118 Å². The number of nitrogens with one attached hydrogen (secondary N) is 3. The van der Waals surface area contributed by atoms with Crippen molar-refractivity contribution < 1.29 is 4.79 Å². The van der Waals surface area contributed by atoms with Gasteiger partial charge in [0, 0.05) is 20.1 Å². The summed E-state index contributed by atoms with van der Waals surface area (Å²) >= 11 is 5.96. The van der Waals surface area contributed by atoms with Crippen molar-refractivity contribution in [1.82, 2.24) is 15.3 Å². The second kappa shape index (κ2) is 6.56. The van der Waals surface area contributed by atoms with Gasteiger partial charge in [0.2, 0.25) is 5.91 Å². The Balaban J connectivity index is 2.76. The molecule has 1 heterocycles. The standard InChI is InChI=1S/C12H20ClN5O/c1-5-15-11(19)12(2,3)6-16-10-8(14-4)9(13)17-7-18-10/h7,14H,5-6H2,1-4H3,(H,15,19)(H,16,17,18). The van der Waals surface area contributed by atoms with Crippen LogP contribution in [0, 0.1) is 5.41 Å². The van der Waals surface area contributed by atoms with Gasteiger partial charge in [0.25, 0.3) is 0 Å². The van der Waals surface area contributed by atoms with Crippen molar-refractivity contribution in [2.45, 2.75) is 20.8 Å². The van der Waals surface area contributed by atoms with E-state index in [1.807, 2.05) is 20.8 Å². The number of aromatic nitrogens is 2. The van der Waals surface area contributed by atoms with Crippen molar-refractivity contribution in [2.75, 3.05) is 30.8 Å². The van der Waals surface area contributed by atoms with Gasteiger partial charge in [0.05, 0.1) is 5.41 Å². The third kappa shape index (κ3) is 3.96. The molecule has 3 N–H and O–H groups in total. The van der Waals surface area contributed by atoms with Crippen LogP contribution < -0.4 is 16.0 Å². The van der Waals surface area contributed by atoms with Crippen LogP contribution in [0.3, 0.4) is 0 Å². The monoisotopic (exact) mass is 285 g/mol. The van der Waals surface area contributed by atoms with E-state index in [-0.39, 0.29) is 5.91 Å². The molecule has 19 heavy (non-hydrogen) atoms. The van der Waals surface area contributed by atoms with Crippen molar-refractivity contribution in [2.24, 2.45) is 5.41 Å². The lowest BCUT2D eigenvalue weighted by atomic mass is 9.92. The van der Waals surface area contributed by atoms with Gasteiger partial charge in [0.15, 0.2) is 11.0 Å². The summed E-state index contributed by atoms with van der Waals surface area (Å²) in [7, 11) is 1.74. The summed E-state index contributed by atoms with van der Waals surface area (Å²) < 4.78 is 0. The van der Waals surface area contributed by atoms with Crippen LogP contribution in [-0.4, -0.2) is 36.0 Å². The molecule has 1 aromatic rings. The van der Waals surface area contributed by atoms with Crippen LogP contribution in [0.4, 0.5) is 11.5 Å². The summed E-state index contributed by atoms with van der Waals surface area (Å²) in [5.41, 5.74) is 0.0780. The van der Waals surface area contributed by atoms with E-state index in [0.29, 0.717) is 29.7 Å². The number of carbonyl (C=O) groups excluding carboxylic acids is 1. The predicted molar refractivity (Wildman–Crippen MR) is 77.5 cm³/mol. The Bertz CT molecular complexity index is 450. The van der Waals surface area contributed by atoms with Crippen LogP contribution >= 0.6 is 11.6 Å². The van der Waals surface area contributed by atoms with Gasteiger partial charge in [0.1, 0.15) is 12.0 Å². The van der Waals surface area contributed by atoms with Gasteiger partial charge in [-0.2, -0.15) is 0 Å². The second-order valence-electron chi connectivity index (χ2n) is 4.73. The summed E-state index contributed by atoms with van der Waals surface area (Å²) in [6.07, 6.45) is 1.38. The van der Waals surface area contributed by atoms with Crippen LogP contribution in [0.1, 0.15) is 20.8 Å². The highest BCUT2D eigenvalue weighted by Crippen LogP contribution is 2.26. The van der Waals surface area contributed by atoms with Crippen LogP contribution in [0.15, 0.2) is 6.33 Å². The largest absolute Gasteiger partial charge is 0.383 e. The van der Waals surface area contributed by atoms with Gasteiger partial charge in [-0.3, -0.25) is 4.79 Å². The van der Waals surface area contributed by atoms with Crippen molar-refractivity contribution >= 4 is 29.0 Å². The molecule has 0 aliphatic rings. The number of anilines is 2. The maximum absolute atomic E-state index is 11.9. The van der Waals surface area contributed by atoms with Gasteiger partial charge in [-0.15, -0.1) is 0 Å². The molecule has 7 heteroatoms. The SMILES string of the molecule is CCNC(=O)C(C)(C)CNc1ncnc(Cl)c1NC. The molecule has 0 fully saturated rings. The maximum Gasteiger partial charge on any atom is 0.227 e. The fraction of sp³-hybridized carbons (Fsp3) is 0.583. The molecule has 0 bridgehead atoms. The molecule has 0 saturated heterocycles. The molecule has 1 aromatic heterocycles. The molecule has 0 aromatic carbocycles. The lowest BCUT2D eigenvalue weighted by molar-refractivity contribution is -0.128. The number of amides is 1. The number of rotatable bonds is 6. The first-order valence-corrected chi connectivity index (χ1v) is 6.50. The smallest absolute Gasteiger partial charge is 0.227 e. The van der Waals surface area contributed by atoms with E-state index in [1.165, 1.54) is 6.33 Å². The molecule has 0 unspecified atom stereocenters. The van der Waals surface area contributed by atoms with Gasteiger partial charge in [-0.1, -0.05) is 11.6 Å². The van der Waals surface area contributed by atoms with Crippen LogP contribution in [0.2, 0.25) is 5.15 Å². The molecule has 0 aliphatic carbocycles. The molecule has 0 saturated carbocycles. The highest BCUT2D eigenvalue weighted by molar-refractivity contribution is 6.32. The van der Waals surface area contributed by atoms with E-state index in [4.69, 9.17) is 11.6 Å². The molecule has 1 rings (SSSR count). The zero-order chi connectivity index (χ0) is 14.5. The first-order chi connectivity index (χ1) is 8.92. The van der Waals surface area contributed by atoms with Gasteiger partial charge in [-0.05, 0) is 20.8 Å². The third-order valence-electron chi connectivity index (χ3n) is 2.70. The molecule has 6 nitrogen and oxygen atoms in total. The molecule has 0 aliphatic heterocycles. The van der Waals surface area contributed by atoms with Gasteiger partial charge in [-0.25, -0.2) is 9.97 Å². The van der Waals surface area contributed by atoms with E-state index in [1.54, 1.807) is 7.05 Å². The van der Waals surface area contributed by atoms with Crippen LogP contribution in [-0.2, 0) is 4.79 Å². The minimum absolute atomic E-state index is 0.00587. The van der Waals surface area contributed by atoms with E-state index >= 15 is 0 Å². The summed E-state index contributed by atoms with van der Waals surface area (Å²) in [5, 5.41) is 9.21. The fourth-order valence-corrected chi connectivity index (χ4v) is 1.73. The minimum Gasteiger partial charge on any atom is -0.383 e. The lowest BCUT2D eigenvalue weighted by Gasteiger charge is -2.24. The van der Waals surface area contributed by atoms with Crippen LogP contribution in [0.25, 0.3) is 0 Å². The topological polar surface area (TPSA) is 78.9 Å². The average molecular weight is 286 g/mol. The summed E-state index contributed by atoms with van der Waals surface area (Å²) in [6, 6.07) is 0. The Kier molecular flexibility index (Phi) is 5.35. The second-order valence-corrected chi connectivity index (χ2v) is 5.09. The first-order valence-electron chi connectivity index (χ1n) is 6.12. The van der Waals surface area contributed by atoms with Gasteiger partial charge >= 0.3 is 0 Å². The molecule has 0 spiro atoms. The Morgan fingerprint density at radius 2 is 2.11 bits per heavy atom. The van der Waals surface area contributed by atoms with Crippen molar-refractivity contribution in [3.63, 3.8) is 0 Å². The number of halogens is 1. The summed E-state index contributed by atoms with van der Waals surface area (Å²) in [5.74, 6) is 0.577. The van der Waals surface area contributed by atoms with E-state index in [0.717, 1.165) is 0 Å². The number of nitrogens with zero attached hydrogens (tertiary/aromatic N) is 2. The summed E-state index contributed by atoms with van der Waals surface area (Å²) in [4.78, 5) is 19.9. The molecular weight excluding hydrogens is 266 g/mol. The molecule has 106 valence electrons. The minimum atomic E-state index is -0.543. The predicted octanol–water partition coefficient (Wildman–Crippen LogP) is 1.75. The Morgan fingerprint density at radius 3 is 2.68 bits per heavy atom. The van der Waals surface area contributed by atoms with Crippen molar-refractivity contribution in [3.05, 3.63) is 11.5 Å². The zero-order valence-corrected chi connectivity index (χ0v) is 12.4. The van der Waals surface area contributed by atoms with Gasteiger partial charge < -0.3 is 16.0 Å². The lowest BCUT2D eigenvalue weighted by Crippen LogP contribution is -2.41. The van der Waals surface area contributed by atoms with Crippen molar-refractivity contribution in [1.29, 1.82) is 0 Å². The van der Waals surface area contributed by atoms with E-state index < -0.39 is 5.41 Å². The quantitative estimate of drug-likeness (QED) is 0.694. The normalized spacial score (nSPS) is 11.0. The fourth-order valence-electron chi connectivity index (χ4n) is 1.50. The molecular formula is C12H20ClN5O. The first kappa shape index (κ1) is 15.5. The van der Waals surface area contributed by atoms with E-state index in [9.17, 15) is 4.79 Å². The summed E-state index contributed by atoms with van der Waals surface area (Å²) in [6.45, 7) is 6.69. The Morgan fingerprint density at radius 1 is 1.42 bits per heavy atom. The number of hydrogen-bond donors (Lipinski definition) is 3. The number of carbonyl (C=O) groups is 1. The highest BCUT2D eigenvalue weighted by atomic mass is 35.5. The molecule has 0 atom stereocenters. The van der Waals surface area contributed by atoms with E-state index in [2.05, 4.69) is 25.9 Å².